The molecule has 5 nitrogen and oxygen atoms in total. The molecule has 1 aromatic rings. The van der Waals surface area contributed by atoms with Gasteiger partial charge in [0, 0.05) is 19.1 Å². The van der Waals surface area contributed by atoms with Crippen LogP contribution < -0.4 is 5.32 Å². The summed E-state index contributed by atoms with van der Waals surface area (Å²) in [5.74, 6) is 1.36. The zero-order valence-corrected chi connectivity index (χ0v) is 10.7. The summed E-state index contributed by atoms with van der Waals surface area (Å²) in [5, 5.41) is 7.19. The topological polar surface area (TPSA) is 54.2 Å². The van der Waals surface area contributed by atoms with E-state index >= 15 is 0 Å². The van der Waals surface area contributed by atoms with E-state index in [0.29, 0.717) is 17.9 Å². The highest BCUT2D eigenvalue weighted by Gasteiger charge is 2.19. The summed E-state index contributed by atoms with van der Waals surface area (Å²) in [6.45, 7) is 8.53. The zero-order chi connectivity index (χ0) is 12.1. The van der Waals surface area contributed by atoms with Crippen LogP contribution in [0.25, 0.3) is 0 Å². The van der Waals surface area contributed by atoms with E-state index in [0.717, 1.165) is 26.2 Å². The Balaban J connectivity index is 1.87. The van der Waals surface area contributed by atoms with Crippen molar-refractivity contribution < 1.29 is 4.52 Å². The fourth-order valence-corrected chi connectivity index (χ4v) is 2.40. The monoisotopic (exact) mass is 238 g/mol. The van der Waals surface area contributed by atoms with E-state index in [1.807, 2.05) is 0 Å². The Hall–Kier alpha value is -0.940. The van der Waals surface area contributed by atoms with Gasteiger partial charge in [0.25, 0.3) is 0 Å². The molecule has 0 aliphatic carbocycles. The normalized spacial score (nSPS) is 20.6. The van der Waals surface area contributed by atoms with Crippen LogP contribution >= 0.6 is 0 Å². The van der Waals surface area contributed by atoms with Crippen molar-refractivity contribution in [2.45, 2.75) is 39.3 Å². The molecule has 17 heavy (non-hydrogen) atoms. The Morgan fingerprint density at radius 2 is 2.47 bits per heavy atom. The minimum Gasteiger partial charge on any atom is -0.338 e. The van der Waals surface area contributed by atoms with Crippen molar-refractivity contribution in [3.05, 3.63) is 12.2 Å². The molecule has 1 aliphatic rings. The van der Waals surface area contributed by atoms with Gasteiger partial charge in [0.1, 0.15) is 0 Å². The number of rotatable bonds is 6. The van der Waals surface area contributed by atoms with Crippen molar-refractivity contribution >= 4 is 0 Å². The molecule has 96 valence electrons. The van der Waals surface area contributed by atoms with Gasteiger partial charge in [0.05, 0.1) is 6.54 Å². The molecule has 2 rings (SSSR count). The number of hydrogen-bond donors (Lipinski definition) is 1. The molecule has 5 heteroatoms. The lowest BCUT2D eigenvalue weighted by Gasteiger charge is -2.25. The molecule has 0 bridgehead atoms. The second-order valence-electron chi connectivity index (χ2n) is 5.22. The van der Waals surface area contributed by atoms with Crippen LogP contribution in [0.3, 0.4) is 0 Å². The van der Waals surface area contributed by atoms with Crippen molar-refractivity contribution in [1.29, 1.82) is 0 Å². The Kier molecular flexibility index (Phi) is 4.50. The number of nitrogens with one attached hydrogen (secondary N) is 1. The van der Waals surface area contributed by atoms with Gasteiger partial charge in [-0.15, -0.1) is 0 Å². The lowest BCUT2D eigenvalue weighted by atomic mass is 10.1. The molecule has 1 aliphatic heterocycles. The highest BCUT2D eigenvalue weighted by atomic mass is 16.5. The van der Waals surface area contributed by atoms with E-state index in [1.165, 1.54) is 19.2 Å². The zero-order valence-electron chi connectivity index (χ0n) is 10.7. The maximum atomic E-state index is 5.09. The Bertz CT molecular complexity index is 306. The second kappa shape index (κ2) is 6.12. The highest BCUT2D eigenvalue weighted by Crippen LogP contribution is 2.11. The third kappa shape index (κ3) is 4.09. The lowest BCUT2D eigenvalue weighted by Crippen LogP contribution is -2.39. The van der Waals surface area contributed by atoms with Crippen LogP contribution in [0.2, 0.25) is 0 Å². The molecule has 0 radical (unpaired) electrons. The van der Waals surface area contributed by atoms with Crippen LogP contribution in [0, 0.1) is 5.92 Å². The molecule has 1 aromatic heterocycles. The first kappa shape index (κ1) is 12.5. The molecule has 1 unspecified atom stereocenters. The van der Waals surface area contributed by atoms with Crippen LogP contribution in [-0.2, 0) is 6.54 Å². The molecular weight excluding hydrogens is 216 g/mol. The Morgan fingerprint density at radius 1 is 1.59 bits per heavy atom. The van der Waals surface area contributed by atoms with Crippen LogP contribution in [0.5, 0.6) is 0 Å². The second-order valence-corrected chi connectivity index (χ2v) is 5.22. The van der Waals surface area contributed by atoms with Gasteiger partial charge >= 0.3 is 0 Å². The van der Waals surface area contributed by atoms with E-state index in [4.69, 9.17) is 4.52 Å². The molecule has 0 spiro atoms. The summed E-state index contributed by atoms with van der Waals surface area (Å²) >= 11 is 0. The van der Waals surface area contributed by atoms with Gasteiger partial charge in [0.2, 0.25) is 5.89 Å². The minimum atomic E-state index is 0.622. The van der Waals surface area contributed by atoms with Crippen molar-refractivity contribution in [3.63, 3.8) is 0 Å². The van der Waals surface area contributed by atoms with Gasteiger partial charge in [-0.25, -0.2) is 0 Å². The van der Waals surface area contributed by atoms with Crippen molar-refractivity contribution in [3.8, 4) is 0 Å². The summed E-state index contributed by atoms with van der Waals surface area (Å²) in [4.78, 5) is 6.50. The fraction of sp³-hybridized carbons (Fsp3) is 0.833. The van der Waals surface area contributed by atoms with Crippen molar-refractivity contribution in [1.82, 2.24) is 20.4 Å². The van der Waals surface area contributed by atoms with Gasteiger partial charge in [-0.2, -0.15) is 4.98 Å². The standard InChI is InChI=1S/C12H22N4O/c1-10(2)6-16(7-11-4-3-5-13-11)8-12-14-9-15-17-12/h9-11,13H,3-8H2,1-2H3. The number of aromatic nitrogens is 2. The van der Waals surface area contributed by atoms with E-state index in [1.54, 1.807) is 0 Å². The molecule has 1 atom stereocenters. The highest BCUT2D eigenvalue weighted by molar-refractivity contribution is 4.81. The summed E-state index contributed by atoms with van der Waals surface area (Å²) in [6, 6.07) is 0.622. The maximum Gasteiger partial charge on any atom is 0.240 e. The average molecular weight is 238 g/mol. The van der Waals surface area contributed by atoms with Crippen LogP contribution in [0.1, 0.15) is 32.6 Å². The van der Waals surface area contributed by atoms with Crippen molar-refractivity contribution in [2.75, 3.05) is 19.6 Å². The molecule has 0 saturated carbocycles. The predicted octanol–water partition coefficient (Wildman–Crippen LogP) is 1.28. The Morgan fingerprint density at radius 3 is 3.06 bits per heavy atom. The van der Waals surface area contributed by atoms with Crippen LogP contribution in [0.4, 0.5) is 0 Å². The smallest absolute Gasteiger partial charge is 0.240 e. The fourth-order valence-electron chi connectivity index (χ4n) is 2.40. The molecule has 1 fully saturated rings. The van der Waals surface area contributed by atoms with E-state index in [-0.39, 0.29) is 0 Å². The molecule has 1 saturated heterocycles. The summed E-state index contributed by atoms with van der Waals surface area (Å²) in [5.41, 5.74) is 0. The van der Waals surface area contributed by atoms with Crippen molar-refractivity contribution in [2.24, 2.45) is 5.92 Å². The van der Waals surface area contributed by atoms with E-state index < -0.39 is 0 Å². The largest absolute Gasteiger partial charge is 0.338 e. The third-order valence-electron chi connectivity index (χ3n) is 3.03. The first-order valence-corrected chi connectivity index (χ1v) is 6.45. The first-order valence-electron chi connectivity index (χ1n) is 6.45. The van der Waals surface area contributed by atoms with Crippen LogP contribution in [0.15, 0.2) is 10.9 Å². The quantitative estimate of drug-likeness (QED) is 0.809. The Labute approximate surface area is 103 Å². The molecular formula is C12H22N4O. The summed E-state index contributed by atoms with van der Waals surface area (Å²) in [7, 11) is 0. The van der Waals surface area contributed by atoms with Gasteiger partial charge in [-0.1, -0.05) is 19.0 Å². The first-order chi connectivity index (χ1) is 8.24. The summed E-state index contributed by atoms with van der Waals surface area (Å²) in [6.07, 6.45) is 4.04. The lowest BCUT2D eigenvalue weighted by molar-refractivity contribution is 0.190. The maximum absolute atomic E-state index is 5.09. The number of hydrogen-bond acceptors (Lipinski definition) is 5. The molecule has 0 aromatic carbocycles. The molecule has 2 heterocycles. The van der Waals surface area contributed by atoms with E-state index in [2.05, 4.69) is 34.2 Å². The SMILES string of the molecule is CC(C)CN(Cc1ncno1)CC1CCCN1. The minimum absolute atomic E-state index is 0.622. The van der Waals surface area contributed by atoms with Gasteiger partial charge in [0.15, 0.2) is 6.33 Å². The van der Waals surface area contributed by atoms with Gasteiger partial charge in [-0.05, 0) is 25.3 Å². The predicted molar refractivity (Wildman–Crippen MR) is 65.4 cm³/mol. The third-order valence-corrected chi connectivity index (χ3v) is 3.03. The molecule has 1 N–H and O–H groups in total. The van der Waals surface area contributed by atoms with Gasteiger partial charge in [-0.3, -0.25) is 4.90 Å². The number of nitrogens with zero attached hydrogens (tertiary/aromatic N) is 3. The van der Waals surface area contributed by atoms with E-state index in [9.17, 15) is 0 Å². The van der Waals surface area contributed by atoms with Crippen LogP contribution in [-0.4, -0.2) is 40.7 Å². The van der Waals surface area contributed by atoms with Gasteiger partial charge < -0.3 is 9.84 Å². The summed E-state index contributed by atoms with van der Waals surface area (Å²) < 4.78 is 5.09. The average Bonchev–Trinajstić information content (AvgIpc) is 2.89. The molecule has 0 amide bonds.